The molecule has 3 unspecified atom stereocenters. The summed E-state index contributed by atoms with van der Waals surface area (Å²) in [6.45, 7) is 6.91. The van der Waals surface area contributed by atoms with Crippen molar-refractivity contribution < 1.29 is 0 Å². The van der Waals surface area contributed by atoms with E-state index in [9.17, 15) is 0 Å². The molecule has 1 aliphatic carbocycles. The first-order chi connectivity index (χ1) is 8.66. The standard InChI is InChI=1S/C17H27N/c1-13-7-6-9-16(12-11-13)18-15(3)17-10-5-4-8-14(17)2/h4-5,8,10,13,15-16,18H,6-7,9,11-12H2,1-3H3. The molecule has 1 aromatic rings. The van der Waals surface area contributed by atoms with Crippen LogP contribution in [0, 0.1) is 12.8 Å². The largest absolute Gasteiger partial charge is 0.307 e. The average Bonchev–Trinajstić information content (AvgIpc) is 2.55. The third kappa shape index (κ3) is 3.58. The Labute approximate surface area is 112 Å². The molecule has 3 atom stereocenters. The normalized spacial score (nSPS) is 26.6. The van der Waals surface area contributed by atoms with Crippen LogP contribution in [-0.2, 0) is 0 Å². The summed E-state index contributed by atoms with van der Waals surface area (Å²) in [4.78, 5) is 0. The summed E-state index contributed by atoms with van der Waals surface area (Å²) in [5.74, 6) is 0.922. The van der Waals surface area contributed by atoms with Gasteiger partial charge in [-0.15, -0.1) is 0 Å². The summed E-state index contributed by atoms with van der Waals surface area (Å²) < 4.78 is 0. The van der Waals surface area contributed by atoms with E-state index in [1.807, 2.05) is 0 Å². The number of rotatable bonds is 3. The van der Waals surface area contributed by atoms with E-state index in [1.165, 1.54) is 43.2 Å². The monoisotopic (exact) mass is 245 g/mol. The van der Waals surface area contributed by atoms with Gasteiger partial charge in [0.15, 0.2) is 0 Å². The van der Waals surface area contributed by atoms with E-state index in [-0.39, 0.29) is 0 Å². The fourth-order valence-electron chi connectivity index (χ4n) is 3.17. The van der Waals surface area contributed by atoms with Gasteiger partial charge in [0, 0.05) is 12.1 Å². The minimum absolute atomic E-state index is 0.476. The Balaban J connectivity index is 1.94. The zero-order chi connectivity index (χ0) is 13.0. The average molecular weight is 245 g/mol. The first-order valence-corrected chi connectivity index (χ1v) is 7.48. The van der Waals surface area contributed by atoms with Crippen LogP contribution in [0.3, 0.4) is 0 Å². The van der Waals surface area contributed by atoms with E-state index in [0.29, 0.717) is 12.1 Å². The molecular weight excluding hydrogens is 218 g/mol. The molecule has 1 saturated carbocycles. The third-order valence-electron chi connectivity index (χ3n) is 4.40. The van der Waals surface area contributed by atoms with Crippen molar-refractivity contribution in [2.75, 3.05) is 0 Å². The molecule has 0 heterocycles. The quantitative estimate of drug-likeness (QED) is 0.767. The first kappa shape index (κ1) is 13.6. The van der Waals surface area contributed by atoms with Gasteiger partial charge in [0.05, 0.1) is 0 Å². The molecule has 1 heteroatoms. The molecule has 0 spiro atoms. The molecule has 0 aromatic heterocycles. The summed E-state index contributed by atoms with van der Waals surface area (Å²) >= 11 is 0. The van der Waals surface area contributed by atoms with E-state index in [2.05, 4.69) is 50.4 Å². The van der Waals surface area contributed by atoms with Gasteiger partial charge in [-0.25, -0.2) is 0 Å². The number of hydrogen-bond acceptors (Lipinski definition) is 1. The number of benzene rings is 1. The minimum Gasteiger partial charge on any atom is -0.307 e. The highest BCUT2D eigenvalue weighted by Crippen LogP contribution is 2.25. The Hall–Kier alpha value is -0.820. The van der Waals surface area contributed by atoms with Crippen LogP contribution in [0.25, 0.3) is 0 Å². The lowest BCUT2D eigenvalue weighted by Crippen LogP contribution is -2.31. The Bertz CT molecular complexity index is 372. The van der Waals surface area contributed by atoms with Crippen LogP contribution in [0.4, 0.5) is 0 Å². The van der Waals surface area contributed by atoms with Crippen molar-refractivity contribution in [3.8, 4) is 0 Å². The van der Waals surface area contributed by atoms with E-state index >= 15 is 0 Å². The molecule has 0 bridgehead atoms. The molecule has 0 radical (unpaired) electrons. The number of nitrogens with one attached hydrogen (secondary N) is 1. The van der Waals surface area contributed by atoms with Gasteiger partial charge in [0.1, 0.15) is 0 Å². The van der Waals surface area contributed by atoms with Crippen LogP contribution in [0.15, 0.2) is 24.3 Å². The van der Waals surface area contributed by atoms with Crippen molar-refractivity contribution in [2.45, 2.75) is 65.0 Å². The predicted molar refractivity (Wildman–Crippen MR) is 78.8 cm³/mol. The van der Waals surface area contributed by atoms with Crippen LogP contribution < -0.4 is 5.32 Å². The summed E-state index contributed by atoms with van der Waals surface area (Å²) in [6, 6.07) is 9.93. The van der Waals surface area contributed by atoms with Crippen molar-refractivity contribution in [1.82, 2.24) is 5.32 Å². The molecule has 0 aliphatic heterocycles. The topological polar surface area (TPSA) is 12.0 Å². The lowest BCUT2D eigenvalue weighted by atomic mass is 10.00. The van der Waals surface area contributed by atoms with Gasteiger partial charge >= 0.3 is 0 Å². The maximum atomic E-state index is 3.84. The molecule has 2 rings (SSSR count). The van der Waals surface area contributed by atoms with Crippen LogP contribution in [-0.4, -0.2) is 6.04 Å². The van der Waals surface area contributed by atoms with Crippen molar-refractivity contribution in [1.29, 1.82) is 0 Å². The Morgan fingerprint density at radius 2 is 1.89 bits per heavy atom. The van der Waals surface area contributed by atoms with Crippen molar-refractivity contribution >= 4 is 0 Å². The van der Waals surface area contributed by atoms with Gasteiger partial charge < -0.3 is 5.32 Å². The van der Waals surface area contributed by atoms with Crippen LogP contribution in [0.2, 0.25) is 0 Å². The Morgan fingerprint density at radius 1 is 1.11 bits per heavy atom. The molecule has 1 aromatic carbocycles. The molecule has 0 amide bonds. The van der Waals surface area contributed by atoms with Crippen LogP contribution >= 0.6 is 0 Å². The highest BCUT2D eigenvalue weighted by atomic mass is 14.9. The highest BCUT2D eigenvalue weighted by molar-refractivity contribution is 5.28. The molecule has 18 heavy (non-hydrogen) atoms. The molecule has 1 fully saturated rings. The van der Waals surface area contributed by atoms with Crippen molar-refractivity contribution in [3.63, 3.8) is 0 Å². The van der Waals surface area contributed by atoms with E-state index in [4.69, 9.17) is 0 Å². The summed E-state index contributed by atoms with van der Waals surface area (Å²) in [5.41, 5.74) is 2.86. The Morgan fingerprint density at radius 3 is 2.67 bits per heavy atom. The van der Waals surface area contributed by atoms with Gasteiger partial charge in [-0.1, -0.05) is 44.0 Å². The SMILES string of the molecule is Cc1ccccc1C(C)NC1CCCC(C)CC1. The molecule has 1 N–H and O–H groups in total. The highest BCUT2D eigenvalue weighted by Gasteiger charge is 2.18. The number of aryl methyl sites for hydroxylation is 1. The van der Waals surface area contributed by atoms with Gasteiger partial charge in [-0.05, 0) is 50.2 Å². The fourth-order valence-corrected chi connectivity index (χ4v) is 3.17. The molecule has 100 valence electrons. The van der Waals surface area contributed by atoms with E-state index < -0.39 is 0 Å². The van der Waals surface area contributed by atoms with Crippen molar-refractivity contribution in [3.05, 3.63) is 35.4 Å². The molecule has 1 aliphatic rings. The lowest BCUT2D eigenvalue weighted by Gasteiger charge is -2.23. The van der Waals surface area contributed by atoms with Gasteiger partial charge in [-0.2, -0.15) is 0 Å². The van der Waals surface area contributed by atoms with E-state index in [0.717, 1.165) is 5.92 Å². The zero-order valence-corrected chi connectivity index (χ0v) is 12.1. The second kappa shape index (κ2) is 6.38. The lowest BCUT2D eigenvalue weighted by molar-refractivity contribution is 0.407. The van der Waals surface area contributed by atoms with Gasteiger partial charge in [0.25, 0.3) is 0 Å². The summed E-state index contributed by atoms with van der Waals surface area (Å²) in [7, 11) is 0. The maximum Gasteiger partial charge on any atom is 0.0296 e. The van der Waals surface area contributed by atoms with E-state index in [1.54, 1.807) is 0 Å². The minimum atomic E-state index is 0.476. The Kier molecular flexibility index (Phi) is 4.82. The molecule has 0 saturated heterocycles. The second-order valence-corrected chi connectivity index (χ2v) is 6.06. The van der Waals surface area contributed by atoms with Crippen LogP contribution in [0.1, 0.15) is 63.1 Å². The van der Waals surface area contributed by atoms with Crippen molar-refractivity contribution in [2.24, 2.45) is 5.92 Å². The maximum absolute atomic E-state index is 3.84. The predicted octanol–water partition coefficient (Wildman–Crippen LogP) is 4.61. The van der Waals surface area contributed by atoms with Gasteiger partial charge in [0.2, 0.25) is 0 Å². The summed E-state index contributed by atoms with van der Waals surface area (Å²) in [6.07, 6.45) is 6.88. The zero-order valence-electron chi connectivity index (χ0n) is 12.1. The number of hydrogen-bond donors (Lipinski definition) is 1. The second-order valence-electron chi connectivity index (χ2n) is 6.06. The smallest absolute Gasteiger partial charge is 0.0296 e. The van der Waals surface area contributed by atoms with Crippen LogP contribution in [0.5, 0.6) is 0 Å². The van der Waals surface area contributed by atoms with Gasteiger partial charge in [-0.3, -0.25) is 0 Å². The first-order valence-electron chi connectivity index (χ1n) is 7.48. The molecular formula is C17H27N. The fraction of sp³-hybridized carbons (Fsp3) is 0.647. The summed E-state index contributed by atoms with van der Waals surface area (Å²) in [5, 5.41) is 3.84. The molecule has 1 nitrogen and oxygen atoms in total. The third-order valence-corrected chi connectivity index (χ3v) is 4.40.